The lowest BCUT2D eigenvalue weighted by atomic mass is 10.3. The Morgan fingerprint density at radius 2 is 1.75 bits per heavy atom. The topological polar surface area (TPSA) is 38.9 Å². The van der Waals surface area contributed by atoms with Crippen LogP contribution in [0.2, 0.25) is 0 Å². The number of thiol groups is 1. The number of fused-ring (bicyclic) bond motifs is 1. The molecular formula is C14H12Br2N2S2. The molecule has 0 spiro atoms. The number of nitrogens with zero attached hydrogens (tertiary/aromatic N) is 1. The van der Waals surface area contributed by atoms with E-state index >= 15 is 0 Å². The number of thiazole rings is 1. The van der Waals surface area contributed by atoms with Gasteiger partial charge in [0.15, 0.2) is 0 Å². The van der Waals surface area contributed by atoms with E-state index < -0.39 is 0 Å². The number of aryl methyl sites for hydroxylation is 1. The van der Waals surface area contributed by atoms with Gasteiger partial charge >= 0.3 is 0 Å². The summed E-state index contributed by atoms with van der Waals surface area (Å²) in [5, 5.41) is 1.12. The molecule has 3 rings (SSSR count). The number of halogens is 2. The molecule has 0 unspecified atom stereocenters. The molecule has 0 bridgehead atoms. The monoisotopic (exact) mass is 430 g/mol. The van der Waals surface area contributed by atoms with Gasteiger partial charge in [-0.1, -0.05) is 31.9 Å². The maximum Gasteiger partial charge on any atom is 0.0907 e. The maximum absolute atomic E-state index is 5.51. The van der Waals surface area contributed by atoms with Gasteiger partial charge in [-0.15, -0.1) is 24.0 Å². The average molecular weight is 432 g/mol. The van der Waals surface area contributed by atoms with Crippen LogP contribution in [0, 0.1) is 6.92 Å². The van der Waals surface area contributed by atoms with Crippen LogP contribution in [0.3, 0.4) is 0 Å². The highest BCUT2D eigenvalue weighted by Crippen LogP contribution is 2.24. The molecule has 2 N–H and O–H groups in total. The van der Waals surface area contributed by atoms with Gasteiger partial charge in [-0.05, 0) is 43.3 Å². The summed E-state index contributed by atoms with van der Waals surface area (Å²) in [5.74, 6) is 0. The Morgan fingerprint density at radius 1 is 1.10 bits per heavy atom. The molecule has 0 amide bonds. The van der Waals surface area contributed by atoms with Crippen molar-refractivity contribution < 1.29 is 0 Å². The predicted octanol–water partition coefficient (Wildman–Crippen LogP) is 5.69. The van der Waals surface area contributed by atoms with E-state index in [1.165, 1.54) is 4.70 Å². The van der Waals surface area contributed by atoms with E-state index in [1.807, 2.05) is 37.3 Å². The molecule has 1 aromatic heterocycles. The highest BCUT2D eigenvalue weighted by molar-refractivity contribution is 9.10. The first-order valence-corrected chi connectivity index (χ1v) is 8.57. The number of rotatable bonds is 0. The standard InChI is InChI=1S/C8H6BrNS.C6H6BrNS/c1-5-10-7-4-6(9)2-3-8(7)11-5;7-4-1-2-6(9)5(8)3-4/h2-4H,1H3;1-3,9H,8H2. The van der Waals surface area contributed by atoms with Gasteiger partial charge in [0.2, 0.25) is 0 Å². The van der Waals surface area contributed by atoms with Crippen LogP contribution in [-0.4, -0.2) is 4.98 Å². The number of nitrogen functional groups attached to an aromatic ring is 1. The largest absolute Gasteiger partial charge is 0.398 e. The fraction of sp³-hybridized carbons (Fsp3) is 0.0714. The Morgan fingerprint density at radius 3 is 2.40 bits per heavy atom. The van der Waals surface area contributed by atoms with E-state index in [9.17, 15) is 0 Å². The fourth-order valence-corrected chi connectivity index (χ4v) is 3.22. The highest BCUT2D eigenvalue weighted by atomic mass is 79.9. The van der Waals surface area contributed by atoms with Crippen LogP contribution in [0.15, 0.2) is 50.2 Å². The van der Waals surface area contributed by atoms with Crippen LogP contribution >= 0.6 is 55.8 Å². The Balaban J connectivity index is 0.000000151. The Labute approximate surface area is 144 Å². The summed E-state index contributed by atoms with van der Waals surface area (Å²) in [6.07, 6.45) is 0. The molecule has 2 aromatic carbocycles. The van der Waals surface area contributed by atoms with Crippen LogP contribution in [0.5, 0.6) is 0 Å². The molecule has 1 heterocycles. The molecule has 0 aliphatic carbocycles. The molecule has 0 saturated heterocycles. The van der Waals surface area contributed by atoms with Gasteiger partial charge in [-0.2, -0.15) is 0 Å². The van der Waals surface area contributed by atoms with E-state index in [-0.39, 0.29) is 0 Å². The van der Waals surface area contributed by atoms with Crippen molar-refractivity contribution in [2.45, 2.75) is 11.8 Å². The lowest BCUT2D eigenvalue weighted by Gasteiger charge is -1.96. The first-order chi connectivity index (χ1) is 9.45. The Bertz CT molecular complexity index is 741. The van der Waals surface area contributed by atoms with Crippen molar-refractivity contribution in [2.75, 3.05) is 5.73 Å². The number of hydrogen-bond donors (Lipinski definition) is 2. The summed E-state index contributed by atoms with van der Waals surface area (Å²) < 4.78 is 3.33. The molecule has 6 heteroatoms. The minimum Gasteiger partial charge on any atom is -0.398 e. The van der Waals surface area contributed by atoms with Crippen molar-refractivity contribution in [3.63, 3.8) is 0 Å². The van der Waals surface area contributed by atoms with Gasteiger partial charge in [0.05, 0.1) is 15.2 Å². The van der Waals surface area contributed by atoms with Gasteiger partial charge < -0.3 is 5.73 Å². The van der Waals surface area contributed by atoms with Gasteiger partial charge in [-0.25, -0.2) is 4.98 Å². The van der Waals surface area contributed by atoms with Gasteiger partial charge in [0, 0.05) is 19.5 Å². The SMILES string of the molecule is Cc1nc2cc(Br)ccc2s1.Nc1cc(Br)ccc1S. The summed E-state index contributed by atoms with van der Waals surface area (Å²) >= 11 is 12.5. The molecule has 0 aliphatic rings. The van der Waals surface area contributed by atoms with Crippen LogP contribution in [-0.2, 0) is 0 Å². The number of anilines is 1. The molecular weight excluding hydrogens is 420 g/mol. The van der Waals surface area contributed by atoms with Crippen LogP contribution in [0.1, 0.15) is 5.01 Å². The third-order valence-electron chi connectivity index (χ3n) is 2.45. The summed E-state index contributed by atoms with van der Waals surface area (Å²) in [7, 11) is 0. The second-order valence-electron chi connectivity index (χ2n) is 4.05. The van der Waals surface area contributed by atoms with Gasteiger partial charge in [0.1, 0.15) is 0 Å². The molecule has 0 aliphatic heterocycles. The number of hydrogen-bond acceptors (Lipinski definition) is 4. The highest BCUT2D eigenvalue weighted by Gasteiger charge is 1.98. The zero-order chi connectivity index (χ0) is 14.7. The van der Waals surface area contributed by atoms with E-state index in [4.69, 9.17) is 5.73 Å². The quantitative estimate of drug-likeness (QED) is 0.354. The van der Waals surface area contributed by atoms with Crippen LogP contribution in [0.4, 0.5) is 5.69 Å². The molecule has 0 saturated carbocycles. The molecule has 0 fully saturated rings. The average Bonchev–Trinajstić information content (AvgIpc) is 2.74. The lowest BCUT2D eigenvalue weighted by Crippen LogP contribution is -1.84. The maximum atomic E-state index is 5.51. The first kappa shape index (κ1) is 15.8. The minimum atomic E-state index is 0.702. The second kappa shape index (κ2) is 6.93. The summed E-state index contributed by atoms with van der Waals surface area (Å²) in [5.41, 5.74) is 7.30. The number of aromatic nitrogens is 1. The molecule has 3 aromatic rings. The molecule has 2 nitrogen and oxygen atoms in total. The van der Waals surface area contributed by atoms with Gasteiger partial charge in [-0.3, -0.25) is 0 Å². The van der Waals surface area contributed by atoms with E-state index in [1.54, 1.807) is 11.3 Å². The molecule has 0 atom stereocenters. The zero-order valence-corrected chi connectivity index (χ0v) is 15.5. The van der Waals surface area contributed by atoms with Crippen LogP contribution in [0.25, 0.3) is 10.2 Å². The third kappa shape index (κ3) is 4.22. The van der Waals surface area contributed by atoms with Crippen molar-refractivity contribution in [3.8, 4) is 0 Å². The summed E-state index contributed by atoms with van der Waals surface area (Å²) in [6.45, 7) is 2.03. The molecule has 0 radical (unpaired) electrons. The van der Waals surface area contributed by atoms with Crippen molar-refractivity contribution >= 4 is 71.7 Å². The fourth-order valence-electron chi connectivity index (χ4n) is 1.54. The second-order valence-corrected chi connectivity index (χ2v) is 7.60. The minimum absolute atomic E-state index is 0.702. The Hall–Kier alpha value is -0.560. The summed E-state index contributed by atoms with van der Waals surface area (Å²) in [4.78, 5) is 5.18. The summed E-state index contributed by atoms with van der Waals surface area (Å²) in [6, 6.07) is 11.7. The van der Waals surface area contributed by atoms with Crippen molar-refractivity contribution in [1.82, 2.24) is 4.98 Å². The normalized spacial score (nSPS) is 10.2. The smallest absolute Gasteiger partial charge is 0.0907 e. The van der Waals surface area contributed by atoms with E-state index in [2.05, 4.69) is 55.5 Å². The Kier molecular flexibility index (Phi) is 5.49. The van der Waals surface area contributed by atoms with Gasteiger partial charge in [0.25, 0.3) is 0 Å². The van der Waals surface area contributed by atoms with Crippen molar-refractivity contribution in [2.24, 2.45) is 0 Å². The van der Waals surface area contributed by atoms with E-state index in [0.717, 1.165) is 24.4 Å². The van der Waals surface area contributed by atoms with Crippen LogP contribution < -0.4 is 5.73 Å². The molecule has 104 valence electrons. The lowest BCUT2D eigenvalue weighted by molar-refractivity contribution is 1.34. The molecule has 20 heavy (non-hydrogen) atoms. The van der Waals surface area contributed by atoms with Crippen molar-refractivity contribution in [3.05, 3.63) is 50.4 Å². The zero-order valence-electron chi connectivity index (χ0n) is 10.6. The third-order valence-corrected chi connectivity index (χ3v) is 4.79. The van der Waals surface area contributed by atoms with E-state index in [0.29, 0.717) is 5.69 Å². The first-order valence-electron chi connectivity index (χ1n) is 5.72. The van der Waals surface area contributed by atoms with Crippen molar-refractivity contribution in [1.29, 1.82) is 0 Å². The predicted molar refractivity (Wildman–Crippen MR) is 97.9 cm³/mol. The number of benzene rings is 2. The number of nitrogens with two attached hydrogens (primary N) is 1.